The van der Waals surface area contributed by atoms with E-state index in [9.17, 15) is 18.9 Å². The molecule has 1 aliphatic rings. The summed E-state index contributed by atoms with van der Waals surface area (Å²) in [5.74, 6) is -0.540. The molecule has 0 bridgehead atoms. The Labute approximate surface area is 161 Å². The van der Waals surface area contributed by atoms with Gasteiger partial charge in [0.05, 0.1) is 19.8 Å². The number of esters is 1. The number of nitrogens with zero attached hydrogens (tertiary/aromatic N) is 1. The number of carbonyl (C=O) groups excluding carboxylic acids is 1. The van der Waals surface area contributed by atoms with E-state index in [-0.39, 0.29) is 26.2 Å². The predicted octanol–water partition coefficient (Wildman–Crippen LogP) is 1.26. The van der Waals surface area contributed by atoms with Gasteiger partial charge in [0.15, 0.2) is 0 Å². The van der Waals surface area contributed by atoms with Crippen LogP contribution in [0.1, 0.15) is 39.0 Å². The Bertz CT molecular complexity index is 839. The van der Waals surface area contributed by atoms with E-state index in [0.29, 0.717) is 5.56 Å². The van der Waals surface area contributed by atoms with Gasteiger partial charge >= 0.3 is 19.5 Å². The van der Waals surface area contributed by atoms with Gasteiger partial charge < -0.3 is 9.47 Å². The third kappa shape index (κ3) is 5.62. The lowest BCUT2D eigenvalue weighted by molar-refractivity contribution is -0.150. The van der Waals surface area contributed by atoms with Gasteiger partial charge in [-0.25, -0.2) is 9.36 Å². The van der Waals surface area contributed by atoms with Crippen molar-refractivity contribution in [2.24, 2.45) is 0 Å². The van der Waals surface area contributed by atoms with Crippen LogP contribution in [-0.4, -0.2) is 47.5 Å². The average molecular weight is 420 g/mol. The second-order valence-corrected chi connectivity index (χ2v) is 7.74. The fourth-order valence-electron chi connectivity index (χ4n) is 2.75. The molecule has 28 heavy (non-hydrogen) atoms. The molecule has 1 aromatic heterocycles. The van der Waals surface area contributed by atoms with Gasteiger partial charge in [-0.3, -0.25) is 32.7 Å². The Morgan fingerprint density at radius 3 is 2.50 bits per heavy atom. The Morgan fingerprint density at radius 1 is 1.29 bits per heavy atom. The molecule has 0 spiro atoms. The number of rotatable bonds is 9. The minimum Gasteiger partial charge on any atom is -0.460 e. The first-order valence-electron chi connectivity index (χ1n) is 8.87. The zero-order chi connectivity index (χ0) is 20.9. The second kappa shape index (κ2) is 9.62. The second-order valence-electron chi connectivity index (χ2n) is 6.07. The lowest BCUT2D eigenvalue weighted by Gasteiger charge is -2.21. The first-order chi connectivity index (χ1) is 13.2. The van der Waals surface area contributed by atoms with E-state index in [1.54, 1.807) is 20.8 Å². The normalized spacial score (nSPS) is 22.4. The van der Waals surface area contributed by atoms with E-state index < -0.39 is 43.5 Å². The summed E-state index contributed by atoms with van der Waals surface area (Å²) < 4.78 is 40.1. The number of aryl methyl sites for hydroxylation is 1. The fraction of sp³-hybridized carbons (Fsp3) is 0.688. The highest BCUT2D eigenvalue weighted by Crippen LogP contribution is 2.50. The van der Waals surface area contributed by atoms with Crippen LogP contribution in [0.4, 0.5) is 0 Å². The molecule has 158 valence electrons. The summed E-state index contributed by atoms with van der Waals surface area (Å²) in [5.41, 5.74) is -0.827. The maximum Gasteiger partial charge on any atom is 0.474 e. The van der Waals surface area contributed by atoms with E-state index in [4.69, 9.17) is 23.0 Å². The van der Waals surface area contributed by atoms with Crippen molar-refractivity contribution in [1.82, 2.24) is 9.55 Å². The SMILES string of the molecule is CCOP(=O)(OCC)OC[C@H]1O[C@@H](n2cc(C)c(=O)[nH]c2=O)C[C@@H]1OC(C)=O. The van der Waals surface area contributed by atoms with Crippen molar-refractivity contribution in [3.8, 4) is 0 Å². The smallest absolute Gasteiger partial charge is 0.460 e. The van der Waals surface area contributed by atoms with Crippen LogP contribution in [-0.2, 0) is 32.4 Å². The summed E-state index contributed by atoms with van der Waals surface area (Å²) >= 11 is 0. The molecule has 1 fully saturated rings. The lowest BCUT2D eigenvalue weighted by Crippen LogP contribution is -2.33. The number of aromatic nitrogens is 2. The van der Waals surface area contributed by atoms with Gasteiger partial charge in [0, 0.05) is 25.1 Å². The molecule has 1 saturated heterocycles. The van der Waals surface area contributed by atoms with Gasteiger partial charge in [0.1, 0.15) is 18.4 Å². The molecule has 2 heterocycles. The molecule has 0 aromatic carbocycles. The first-order valence-corrected chi connectivity index (χ1v) is 10.3. The maximum absolute atomic E-state index is 12.5. The number of phosphoric acid groups is 1. The van der Waals surface area contributed by atoms with Gasteiger partial charge in [-0.15, -0.1) is 0 Å². The molecule has 0 amide bonds. The molecule has 2 rings (SSSR count). The highest BCUT2D eigenvalue weighted by atomic mass is 31.2. The van der Waals surface area contributed by atoms with Crippen molar-refractivity contribution in [3.63, 3.8) is 0 Å². The number of H-pyrrole nitrogens is 1. The highest BCUT2D eigenvalue weighted by molar-refractivity contribution is 7.48. The summed E-state index contributed by atoms with van der Waals surface area (Å²) in [5, 5.41) is 0. The molecule has 0 aliphatic carbocycles. The van der Waals surface area contributed by atoms with Crippen LogP contribution >= 0.6 is 7.82 Å². The van der Waals surface area contributed by atoms with E-state index in [1.807, 2.05) is 0 Å². The minimum absolute atomic E-state index is 0.116. The molecular formula is C16H25N2O9P. The highest BCUT2D eigenvalue weighted by Gasteiger charge is 2.41. The summed E-state index contributed by atoms with van der Waals surface area (Å²) in [6, 6.07) is 0. The molecule has 12 heteroatoms. The monoisotopic (exact) mass is 420 g/mol. The van der Waals surface area contributed by atoms with Crippen molar-refractivity contribution < 1.29 is 32.4 Å². The molecule has 0 saturated carbocycles. The van der Waals surface area contributed by atoms with Crippen molar-refractivity contribution >= 4 is 13.8 Å². The van der Waals surface area contributed by atoms with Crippen molar-refractivity contribution in [3.05, 3.63) is 32.6 Å². The fourth-order valence-corrected chi connectivity index (χ4v) is 3.94. The van der Waals surface area contributed by atoms with Crippen LogP contribution in [0.5, 0.6) is 0 Å². The third-order valence-electron chi connectivity index (χ3n) is 3.93. The van der Waals surface area contributed by atoms with Crippen LogP contribution in [0.3, 0.4) is 0 Å². The zero-order valence-electron chi connectivity index (χ0n) is 16.2. The third-order valence-corrected chi connectivity index (χ3v) is 5.54. The van der Waals surface area contributed by atoms with E-state index in [2.05, 4.69) is 4.98 Å². The average Bonchev–Trinajstić information content (AvgIpc) is 2.98. The molecular weight excluding hydrogens is 395 g/mol. The summed E-state index contributed by atoms with van der Waals surface area (Å²) in [4.78, 5) is 37.3. The number of hydrogen-bond donors (Lipinski definition) is 1. The van der Waals surface area contributed by atoms with Crippen LogP contribution in [0, 0.1) is 6.92 Å². The van der Waals surface area contributed by atoms with E-state index >= 15 is 0 Å². The first kappa shape index (κ1) is 22.5. The molecule has 1 N–H and O–H groups in total. The Hall–Kier alpha value is -1.78. The van der Waals surface area contributed by atoms with Crippen molar-refractivity contribution in [2.45, 2.75) is 52.6 Å². The van der Waals surface area contributed by atoms with E-state index in [1.165, 1.54) is 17.7 Å². The number of nitrogens with one attached hydrogen (secondary N) is 1. The van der Waals surface area contributed by atoms with Crippen LogP contribution in [0.15, 0.2) is 15.8 Å². The quantitative estimate of drug-likeness (QED) is 0.463. The van der Waals surface area contributed by atoms with Crippen LogP contribution in [0.2, 0.25) is 0 Å². The van der Waals surface area contributed by atoms with E-state index in [0.717, 1.165) is 0 Å². The predicted molar refractivity (Wildman–Crippen MR) is 97.0 cm³/mol. The van der Waals surface area contributed by atoms with Crippen molar-refractivity contribution in [1.29, 1.82) is 0 Å². The molecule has 11 nitrogen and oxygen atoms in total. The largest absolute Gasteiger partial charge is 0.474 e. The molecule has 0 unspecified atom stereocenters. The van der Waals surface area contributed by atoms with Gasteiger partial charge in [-0.05, 0) is 20.8 Å². The van der Waals surface area contributed by atoms with Gasteiger partial charge in [0.25, 0.3) is 5.56 Å². The zero-order valence-corrected chi connectivity index (χ0v) is 17.1. The summed E-state index contributed by atoms with van der Waals surface area (Å²) in [6.07, 6.45) is -0.863. The van der Waals surface area contributed by atoms with Crippen molar-refractivity contribution in [2.75, 3.05) is 19.8 Å². The number of carbonyl (C=O) groups is 1. The number of aromatic amines is 1. The number of phosphoric ester groups is 1. The Balaban J connectivity index is 2.19. The topological polar surface area (TPSA) is 135 Å². The summed E-state index contributed by atoms with van der Waals surface area (Å²) in [6.45, 7) is 6.06. The van der Waals surface area contributed by atoms with Gasteiger partial charge in [0.2, 0.25) is 0 Å². The molecule has 0 radical (unpaired) electrons. The van der Waals surface area contributed by atoms with Crippen LogP contribution in [0.25, 0.3) is 0 Å². The number of ether oxygens (including phenoxy) is 2. The Kier molecular flexibility index (Phi) is 7.73. The number of hydrogen-bond acceptors (Lipinski definition) is 9. The lowest BCUT2D eigenvalue weighted by atomic mass is 10.2. The van der Waals surface area contributed by atoms with Crippen LogP contribution < -0.4 is 11.2 Å². The van der Waals surface area contributed by atoms with Gasteiger partial charge in [-0.2, -0.15) is 0 Å². The molecule has 3 atom stereocenters. The maximum atomic E-state index is 12.5. The summed E-state index contributed by atoms with van der Waals surface area (Å²) in [7, 11) is -3.78. The standard InChI is InChI=1S/C16H25N2O9P/c1-5-23-28(22,24-6-2)25-9-13-12(26-11(4)19)7-14(27-13)18-8-10(3)15(20)17-16(18)21/h8,12-14H,5-7,9H2,1-4H3,(H,17,20,21)/t12-,13+,14+/m0/s1. The molecule has 1 aromatic rings. The van der Waals surface area contributed by atoms with Gasteiger partial charge in [-0.1, -0.05) is 0 Å². The Morgan fingerprint density at radius 2 is 1.93 bits per heavy atom. The minimum atomic E-state index is -3.78. The molecule has 1 aliphatic heterocycles.